The van der Waals surface area contributed by atoms with Crippen LogP contribution in [0.25, 0.3) is 6.08 Å². The van der Waals surface area contributed by atoms with E-state index in [2.05, 4.69) is 5.32 Å². The average molecular weight is 326 g/mol. The minimum atomic E-state index is -0.513. The highest BCUT2D eigenvalue weighted by molar-refractivity contribution is 6.13. The normalized spacial score (nSPS) is 15.9. The van der Waals surface area contributed by atoms with Crippen molar-refractivity contribution in [1.29, 1.82) is 0 Å². The van der Waals surface area contributed by atoms with Crippen LogP contribution in [0.3, 0.4) is 0 Å². The molecule has 122 valence electrons. The number of hydrogen-bond donors (Lipinski definition) is 1. The number of non-ortho nitro benzene ring substituents is 1. The number of urea groups is 1. The Morgan fingerprint density at radius 1 is 1.21 bits per heavy atom. The van der Waals surface area contributed by atoms with Gasteiger partial charge in [0.05, 0.1) is 11.5 Å². The summed E-state index contributed by atoms with van der Waals surface area (Å²) in [5, 5.41) is 13.2. The molecule has 8 heteroatoms. The number of amides is 3. The van der Waals surface area contributed by atoms with Gasteiger partial charge in [-0.2, -0.15) is 0 Å². The van der Waals surface area contributed by atoms with Crippen molar-refractivity contribution in [2.45, 2.75) is 6.54 Å². The van der Waals surface area contributed by atoms with E-state index in [9.17, 15) is 19.7 Å². The number of nitrogens with zero attached hydrogens (tertiary/aromatic N) is 3. The van der Waals surface area contributed by atoms with Crippen LogP contribution in [0.2, 0.25) is 0 Å². The molecule has 8 nitrogen and oxygen atoms in total. The van der Waals surface area contributed by atoms with E-state index in [0.29, 0.717) is 5.56 Å². The van der Waals surface area contributed by atoms with Gasteiger partial charge in [-0.25, -0.2) is 4.79 Å². The summed E-state index contributed by atoms with van der Waals surface area (Å²) in [4.78, 5) is 35.6. The molecule has 0 spiro atoms. The van der Waals surface area contributed by atoms with E-state index in [4.69, 9.17) is 0 Å². The Balaban J connectivity index is 1.77. The lowest BCUT2D eigenvalue weighted by atomic mass is 10.2. The number of rotatable bonds is 4. The first kappa shape index (κ1) is 15.5. The molecular formula is C16H14N4O4. The Hall–Kier alpha value is -3.42. The maximum atomic E-state index is 12.4. The molecule has 0 atom stereocenters. The van der Waals surface area contributed by atoms with Crippen molar-refractivity contribution in [3.8, 4) is 0 Å². The zero-order chi connectivity index (χ0) is 17.3. The fourth-order valence-corrected chi connectivity index (χ4v) is 2.40. The molecule has 1 fully saturated rings. The zero-order valence-corrected chi connectivity index (χ0v) is 12.8. The van der Waals surface area contributed by atoms with Crippen LogP contribution in [0.1, 0.15) is 11.1 Å². The fourth-order valence-electron chi connectivity index (χ4n) is 2.40. The van der Waals surface area contributed by atoms with Crippen LogP contribution in [0, 0.1) is 10.1 Å². The van der Waals surface area contributed by atoms with E-state index in [1.807, 2.05) is 30.1 Å². The van der Waals surface area contributed by atoms with E-state index in [1.54, 1.807) is 6.08 Å². The monoisotopic (exact) mass is 326 g/mol. The molecule has 24 heavy (non-hydrogen) atoms. The number of hydrogen-bond acceptors (Lipinski definition) is 4. The summed E-state index contributed by atoms with van der Waals surface area (Å²) in [7, 11) is 1.86. The Bertz CT molecular complexity index is 851. The van der Waals surface area contributed by atoms with Gasteiger partial charge in [-0.3, -0.25) is 19.8 Å². The van der Waals surface area contributed by atoms with Crippen LogP contribution < -0.4 is 5.32 Å². The molecule has 1 N–H and O–H groups in total. The van der Waals surface area contributed by atoms with Crippen LogP contribution in [0.5, 0.6) is 0 Å². The lowest BCUT2D eigenvalue weighted by Gasteiger charge is -2.11. The standard InChI is InChI=1S/C16H14N4O4/c1-18-7-6-12(9-18)8-14-15(21)19(16(22)17-14)10-11-2-4-13(5-3-11)20(23)24/h2-9H,10H2,1H3,(H,17,22)/b14-8+. The van der Waals surface area contributed by atoms with Crippen LogP contribution >= 0.6 is 0 Å². The lowest BCUT2D eigenvalue weighted by molar-refractivity contribution is -0.384. The first-order valence-electron chi connectivity index (χ1n) is 7.14. The van der Waals surface area contributed by atoms with E-state index in [1.165, 1.54) is 24.3 Å². The van der Waals surface area contributed by atoms with Crippen molar-refractivity contribution >= 4 is 23.7 Å². The topological polar surface area (TPSA) is 97.5 Å². The number of carbonyl (C=O) groups excluding carboxylic acids is 2. The van der Waals surface area contributed by atoms with Gasteiger partial charge in [-0.1, -0.05) is 12.1 Å². The van der Waals surface area contributed by atoms with Gasteiger partial charge in [-0.15, -0.1) is 0 Å². The van der Waals surface area contributed by atoms with E-state index in [-0.39, 0.29) is 17.9 Å². The van der Waals surface area contributed by atoms with Crippen LogP contribution in [-0.4, -0.2) is 26.3 Å². The summed E-state index contributed by atoms with van der Waals surface area (Å²) in [6, 6.07) is 7.05. The molecular weight excluding hydrogens is 312 g/mol. The second-order valence-electron chi connectivity index (χ2n) is 5.41. The van der Waals surface area contributed by atoms with Crippen LogP contribution in [0.15, 0.2) is 48.4 Å². The number of aromatic nitrogens is 1. The van der Waals surface area contributed by atoms with Gasteiger partial charge in [-0.05, 0) is 23.3 Å². The zero-order valence-electron chi connectivity index (χ0n) is 12.8. The summed E-state index contributed by atoms with van der Waals surface area (Å²) in [6.07, 6.45) is 5.27. The fraction of sp³-hybridized carbons (Fsp3) is 0.125. The molecule has 2 heterocycles. The molecule has 0 radical (unpaired) electrons. The Morgan fingerprint density at radius 3 is 2.50 bits per heavy atom. The molecule has 1 saturated heterocycles. The van der Waals surface area contributed by atoms with E-state index >= 15 is 0 Å². The summed E-state index contributed by atoms with van der Waals surface area (Å²) in [5.41, 5.74) is 1.59. The summed E-state index contributed by atoms with van der Waals surface area (Å²) < 4.78 is 1.84. The van der Waals surface area contributed by atoms with Gasteiger partial charge < -0.3 is 9.88 Å². The molecule has 0 bridgehead atoms. The second kappa shape index (κ2) is 5.99. The number of imide groups is 1. The minimum Gasteiger partial charge on any atom is -0.357 e. The average Bonchev–Trinajstić information content (AvgIpc) is 3.06. The molecule has 0 unspecified atom stereocenters. The molecule has 1 aromatic heterocycles. The van der Waals surface area contributed by atoms with Crippen molar-refractivity contribution in [2.24, 2.45) is 7.05 Å². The van der Waals surface area contributed by atoms with Crippen molar-refractivity contribution < 1.29 is 14.5 Å². The molecule has 3 amide bonds. The van der Waals surface area contributed by atoms with Crippen LogP contribution in [-0.2, 0) is 18.4 Å². The van der Waals surface area contributed by atoms with Gasteiger partial charge in [0.2, 0.25) is 0 Å². The summed E-state index contributed by atoms with van der Waals surface area (Å²) >= 11 is 0. The molecule has 0 saturated carbocycles. The lowest BCUT2D eigenvalue weighted by Crippen LogP contribution is -2.30. The molecule has 0 aliphatic carbocycles. The van der Waals surface area contributed by atoms with E-state index in [0.717, 1.165) is 10.5 Å². The smallest absolute Gasteiger partial charge is 0.329 e. The van der Waals surface area contributed by atoms with Gasteiger partial charge in [0.1, 0.15) is 5.70 Å². The number of carbonyl (C=O) groups is 2. The molecule has 1 aliphatic rings. The summed E-state index contributed by atoms with van der Waals surface area (Å²) in [5.74, 6) is -0.429. The Labute approximate surface area is 137 Å². The first-order valence-corrected chi connectivity index (χ1v) is 7.14. The van der Waals surface area contributed by atoms with Crippen molar-refractivity contribution in [2.75, 3.05) is 0 Å². The van der Waals surface area contributed by atoms with Gasteiger partial charge in [0, 0.05) is 31.6 Å². The first-order chi connectivity index (χ1) is 11.4. The van der Waals surface area contributed by atoms with Crippen molar-refractivity contribution in [3.05, 3.63) is 69.7 Å². The quantitative estimate of drug-likeness (QED) is 0.402. The third-order valence-corrected chi connectivity index (χ3v) is 3.62. The highest BCUT2D eigenvalue weighted by Gasteiger charge is 2.33. The largest absolute Gasteiger partial charge is 0.357 e. The molecule has 1 aliphatic heterocycles. The number of benzene rings is 1. The maximum Gasteiger partial charge on any atom is 0.329 e. The number of nitrogens with one attached hydrogen (secondary N) is 1. The molecule has 1 aromatic carbocycles. The molecule has 3 rings (SSSR count). The molecule has 2 aromatic rings. The van der Waals surface area contributed by atoms with Crippen molar-refractivity contribution in [1.82, 2.24) is 14.8 Å². The Kier molecular flexibility index (Phi) is 3.87. The Morgan fingerprint density at radius 2 is 1.92 bits per heavy atom. The SMILES string of the molecule is Cn1ccc(/C=C2/NC(=O)N(Cc3ccc([N+](=O)[O-])cc3)C2=O)c1. The van der Waals surface area contributed by atoms with Gasteiger partial charge >= 0.3 is 6.03 Å². The third-order valence-electron chi connectivity index (χ3n) is 3.62. The number of nitro benzene ring substituents is 1. The highest BCUT2D eigenvalue weighted by Crippen LogP contribution is 2.18. The van der Waals surface area contributed by atoms with Crippen molar-refractivity contribution in [3.63, 3.8) is 0 Å². The number of aryl methyl sites for hydroxylation is 1. The van der Waals surface area contributed by atoms with Gasteiger partial charge in [0.25, 0.3) is 11.6 Å². The van der Waals surface area contributed by atoms with E-state index < -0.39 is 16.9 Å². The predicted molar refractivity (Wildman–Crippen MR) is 85.6 cm³/mol. The highest BCUT2D eigenvalue weighted by atomic mass is 16.6. The van der Waals surface area contributed by atoms with Crippen LogP contribution in [0.4, 0.5) is 10.5 Å². The predicted octanol–water partition coefficient (Wildman–Crippen LogP) is 2.03. The summed E-state index contributed by atoms with van der Waals surface area (Å²) in [6.45, 7) is 0.0504. The third kappa shape index (κ3) is 3.02. The minimum absolute atomic E-state index is 0.0411. The number of nitro groups is 1. The second-order valence-corrected chi connectivity index (χ2v) is 5.41. The maximum absolute atomic E-state index is 12.4. The van der Waals surface area contributed by atoms with Gasteiger partial charge in [0.15, 0.2) is 0 Å².